The molecule has 2 N–H and O–H groups in total. The maximum absolute atomic E-state index is 6.38. The maximum atomic E-state index is 6.38. The minimum Gasteiger partial charge on any atom is -0.320 e. The van der Waals surface area contributed by atoms with E-state index in [1.165, 1.54) is 5.56 Å². The zero-order valence-electron chi connectivity index (χ0n) is 12.4. The third-order valence-electron chi connectivity index (χ3n) is 4.04. The summed E-state index contributed by atoms with van der Waals surface area (Å²) in [6.45, 7) is 6.51. The Hall–Kier alpha value is -1.31. The van der Waals surface area contributed by atoms with E-state index >= 15 is 0 Å². The van der Waals surface area contributed by atoms with E-state index in [-0.39, 0.29) is 6.04 Å². The quantitative estimate of drug-likeness (QED) is 0.821. The number of hydrogen-bond donors (Lipinski definition) is 1. The summed E-state index contributed by atoms with van der Waals surface area (Å²) in [5.41, 5.74) is 11.2. The van der Waals surface area contributed by atoms with Gasteiger partial charge >= 0.3 is 0 Å². The minimum atomic E-state index is -0.0988. The van der Waals surface area contributed by atoms with Crippen LogP contribution in [-0.2, 0) is 0 Å². The summed E-state index contributed by atoms with van der Waals surface area (Å²) in [6, 6.07) is 14.4. The van der Waals surface area contributed by atoms with Gasteiger partial charge in [-0.2, -0.15) is 0 Å². The van der Waals surface area contributed by atoms with E-state index < -0.39 is 0 Å². The first-order valence-electron chi connectivity index (χ1n) is 7.14. The van der Waals surface area contributed by atoms with Gasteiger partial charge in [-0.3, -0.25) is 0 Å². The highest BCUT2D eigenvalue weighted by atomic mass is 35.5. The number of halogens is 1. The Balaban J connectivity index is 2.26. The van der Waals surface area contributed by atoms with Crippen LogP contribution in [0.4, 0.5) is 0 Å². The second-order valence-electron chi connectivity index (χ2n) is 5.45. The molecule has 2 aromatic carbocycles. The van der Waals surface area contributed by atoms with E-state index in [1.807, 2.05) is 18.2 Å². The van der Waals surface area contributed by atoms with Crippen molar-refractivity contribution in [1.82, 2.24) is 0 Å². The van der Waals surface area contributed by atoms with E-state index in [9.17, 15) is 0 Å². The largest absolute Gasteiger partial charge is 0.320 e. The lowest BCUT2D eigenvalue weighted by Gasteiger charge is -2.17. The van der Waals surface area contributed by atoms with Crippen LogP contribution in [0.3, 0.4) is 0 Å². The van der Waals surface area contributed by atoms with Crippen LogP contribution < -0.4 is 5.73 Å². The standard InChI is InChI=1S/C18H22ClN/c1-4-12(2)14-5-7-15(8-6-14)18(20)17-10-9-16(19)11-13(17)3/h5-12,18H,4,20H2,1-3H3. The normalized spacial score (nSPS) is 14.1. The topological polar surface area (TPSA) is 26.0 Å². The Bertz CT molecular complexity index is 574. The van der Waals surface area contributed by atoms with E-state index in [0.29, 0.717) is 5.92 Å². The fraction of sp³-hybridized carbons (Fsp3) is 0.333. The molecule has 2 rings (SSSR count). The minimum absolute atomic E-state index is 0.0988. The van der Waals surface area contributed by atoms with Gasteiger partial charge in [0.1, 0.15) is 0 Å². The Morgan fingerprint density at radius 3 is 2.20 bits per heavy atom. The number of rotatable bonds is 4. The zero-order chi connectivity index (χ0) is 14.7. The Labute approximate surface area is 126 Å². The molecular formula is C18H22ClN. The molecule has 0 aliphatic carbocycles. The molecular weight excluding hydrogens is 266 g/mol. The van der Waals surface area contributed by atoms with Gasteiger partial charge in [-0.1, -0.05) is 55.8 Å². The van der Waals surface area contributed by atoms with Gasteiger partial charge in [0.05, 0.1) is 6.04 Å². The van der Waals surface area contributed by atoms with Crippen LogP contribution in [0.2, 0.25) is 5.02 Å². The smallest absolute Gasteiger partial charge is 0.0554 e. The van der Waals surface area contributed by atoms with E-state index in [0.717, 1.165) is 28.1 Å². The fourth-order valence-electron chi connectivity index (χ4n) is 2.44. The summed E-state index contributed by atoms with van der Waals surface area (Å²) in [5, 5.41) is 0.755. The second-order valence-corrected chi connectivity index (χ2v) is 5.89. The third kappa shape index (κ3) is 3.23. The molecule has 106 valence electrons. The zero-order valence-corrected chi connectivity index (χ0v) is 13.1. The summed E-state index contributed by atoms with van der Waals surface area (Å²) in [5.74, 6) is 0.595. The first-order valence-corrected chi connectivity index (χ1v) is 7.52. The third-order valence-corrected chi connectivity index (χ3v) is 4.28. The Morgan fingerprint density at radius 1 is 1.05 bits per heavy atom. The molecule has 0 spiro atoms. The van der Waals surface area contributed by atoms with Crippen LogP contribution >= 0.6 is 11.6 Å². The van der Waals surface area contributed by atoms with Crippen LogP contribution in [0.15, 0.2) is 42.5 Å². The van der Waals surface area contributed by atoms with Crippen molar-refractivity contribution >= 4 is 11.6 Å². The van der Waals surface area contributed by atoms with Crippen molar-refractivity contribution in [3.05, 3.63) is 69.7 Å². The van der Waals surface area contributed by atoms with Crippen LogP contribution in [0.1, 0.15) is 54.5 Å². The molecule has 0 aliphatic heterocycles. The van der Waals surface area contributed by atoms with Crippen LogP contribution in [0.5, 0.6) is 0 Å². The monoisotopic (exact) mass is 287 g/mol. The molecule has 0 heterocycles. The molecule has 0 saturated heterocycles. The molecule has 2 aromatic rings. The SMILES string of the molecule is CCC(C)c1ccc(C(N)c2ccc(Cl)cc2C)cc1. The fourth-order valence-corrected chi connectivity index (χ4v) is 2.66. The number of benzene rings is 2. The summed E-state index contributed by atoms with van der Waals surface area (Å²) >= 11 is 6.00. The predicted octanol–water partition coefficient (Wildman–Crippen LogP) is 5.21. The van der Waals surface area contributed by atoms with Crippen molar-refractivity contribution in [3.8, 4) is 0 Å². The molecule has 0 aliphatic rings. The van der Waals surface area contributed by atoms with Crippen molar-refractivity contribution in [2.75, 3.05) is 0 Å². The molecule has 0 saturated carbocycles. The van der Waals surface area contributed by atoms with Crippen molar-refractivity contribution in [2.45, 2.75) is 39.2 Å². The van der Waals surface area contributed by atoms with Crippen molar-refractivity contribution in [3.63, 3.8) is 0 Å². The molecule has 0 bridgehead atoms. The lowest BCUT2D eigenvalue weighted by Crippen LogP contribution is -2.13. The molecule has 1 nitrogen and oxygen atoms in total. The summed E-state index contributed by atoms with van der Waals surface area (Å²) in [7, 11) is 0. The van der Waals surface area contributed by atoms with Gasteiger partial charge in [-0.05, 0) is 53.6 Å². The highest BCUT2D eigenvalue weighted by Crippen LogP contribution is 2.26. The lowest BCUT2D eigenvalue weighted by atomic mass is 9.92. The molecule has 0 aromatic heterocycles. The number of hydrogen-bond acceptors (Lipinski definition) is 1. The first kappa shape index (κ1) is 15.1. The molecule has 2 heteroatoms. The lowest BCUT2D eigenvalue weighted by molar-refractivity contribution is 0.732. The summed E-state index contributed by atoms with van der Waals surface area (Å²) in [4.78, 5) is 0. The van der Waals surface area contributed by atoms with Crippen LogP contribution in [-0.4, -0.2) is 0 Å². The van der Waals surface area contributed by atoms with Gasteiger partial charge in [-0.25, -0.2) is 0 Å². The molecule has 0 amide bonds. The molecule has 20 heavy (non-hydrogen) atoms. The van der Waals surface area contributed by atoms with E-state index in [2.05, 4.69) is 45.0 Å². The number of nitrogens with two attached hydrogens (primary N) is 1. The number of aryl methyl sites for hydroxylation is 1. The van der Waals surface area contributed by atoms with Gasteiger partial charge in [0.2, 0.25) is 0 Å². The van der Waals surface area contributed by atoms with Gasteiger partial charge in [0.15, 0.2) is 0 Å². The van der Waals surface area contributed by atoms with Gasteiger partial charge in [-0.15, -0.1) is 0 Å². The van der Waals surface area contributed by atoms with Crippen LogP contribution in [0, 0.1) is 6.92 Å². The van der Waals surface area contributed by atoms with Crippen molar-refractivity contribution < 1.29 is 0 Å². The van der Waals surface area contributed by atoms with Crippen molar-refractivity contribution in [1.29, 1.82) is 0 Å². The second kappa shape index (κ2) is 6.43. The molecule has 2 atom stereocenters. The maximum Gasteiger partial charge on any atom is 0.0554 e. The highest BCUT2D eigenvalue weighted by Gasteiger charge is 2.12. The first-order chi connectivity index (χ1) is 9.52. The average Bonchev–Trinajstić information content (AvgIpc) is 2.46. The Kier molecular flexibility index (Phi) is 4.85. The molecule has 2 unspecified atom stereocenters. The predicted molar refractivity (Wildman–Crippen MR) is 87.4 cm³/mol. The van der Waals surface area contributed by atoms with E-state index in [1.54, 1.807) is 0 Å². The average molecular weight is 288 g/mol. The Morgan fingerprint density at radius 2 is 1.65 bits per heavy atom. The van der Waals surface area contributed by atoms with E-state index in [4.69, 9.17) is 17.3 Å². The van der Waals surface area contributed by atoms with Crippen LogP contribution in [0.25, 0.3) is 0 Å². The van der Waals surface area contributed by atoms with Gasteiger partial charge in [0, 0.05) is 5.02 Å². The molecule has 0 radical (unpaired) electrons. The summed E-state index contributed by atoms with van der Waals surface area (Å²) in [6.07, 6.45) is 1.15. The van der Waals surface area contributed by atoms with Crippen molar-refractivity contribution in [2.24, 2.45) is 5.73 Å². The summed E-state index contributed by atoms with van der Waals surface area (Å²) < 4.78 is 0. The molecule has 0 fully saturated rings. The van der Waals surface area contributed by atoms with Gasteiger partial charge in [0.25, 0.3) is 0 Å². The van der Waals surface area contributed by atoms with Gasteiger partial charge < -0.3 is 5.73 Å². The highest BCUT2D eigenvalue weighted by molar-refractivity contribution is 6.30.